The van der Waals surface area contributed by atoms with Crippen LogP contribution in [-0.2, 0) is 4.74 Å². The van der Waals surface area contributed by atoms with Crippen molar-refractivity contribution in [2.45, 2.75) is 6.92 Å². The third-order valence-corrected chi connectivity index (χ3v) is 1.58. The van der Waals surface area contributed by atoms with Crippen LogP contribution in [0.1, 0.15) is 5.56 Å². The third kappa shape index (κ3) is 3.87. The first-order chi connectivity index (χ1) is 7.61. The van der Waals surface area contributed by atoms with Crippen LogP contribution < -0.4 is 4.74 Å². The summed E-state index contributed by atoms with van der Waals surface area (Å²) in [5, 5.41) is 5.96. The van der Waals surface area contributed by atoms with Crippen molar-refractivity contribution in [3.63, 3.8) is 0 Å². The highest BCUT2D eigenvalue weighted by Gasteiger charge is 2.04. The molecule has 0 heterocycles. The summed E-state index contributed by atoms with van der Waals surface area (Å²) in [6.07, 6.45) is -1.93. The zero-order chi connectivity index (χ0) is 12.0. The number of carbonyl (C=O) groups excluding carboxylic acids is 2. The van der Waals surface area contributed by atoms with Gasteiger partial charge in [0.1, 0.15) is 5.75 Å². The van der Waals surface area contributed by atoms with E-state index >= 15 is 0 Å². The molecule has 6 heteroatoms. The Morgan fingerprint density at radius 3 is 2.50 bits per heavy atom. The minimum Gasteiger partial charge on any atom is -0.450 e. The number of ether oxygens (including phenoxy) is 2. The summed E-state index contributed by atoms with van der Waals surface area (Å²) in [7, 11) is 1.13. The van der Waals surface area contributed by atoms with Gasteiger partial charge in [-0.3, -0.25) is 0 Å². The lowest BCUT2D eigenvalue weighted by atomic mass is 10.2. The second-order valence-electron chi connectivity index (χ2n) is 2.85. The molecule has 6 nitrogen and oxygen atoms in total. The van der Waals surface area contributed by atoms with Crippen LogP contribution in [0.5, 0.6) is 5.75 Å². The Hall–Kier alpha value is -2.24. The summed E-state index contributed by atoms with van der Waals surface area (Å²) < 4.78 is 8.95. The van der Waals surface area contributed by atoms with E-state index in [1.54, 1.807) is 18.2 Å². The number of benzene rings is 1. The Kier molecular flexibility index (Phi) is 4.14. The fourth-order valence-corrected chi connectivity index (χ4v) is 0.923. The number of amides is 2. The number of methoxy groups -OCH3 is 1. The fraction of sp³-hybridized carbons (Fsp3) is 0.200. The first-order valence-corrected chi connectivity index (χ1v) is 4.40. The largest absolute Gasteiger partial charge is 0.458 e. The summed E-state index contributed by atoms with van der Waals surface area (Å²) in [5.41, 5.74) is 0.940. The van der Waals surface area contributed by atoms with Gasteiger partial charge in [0.25, 0.3) is 0 Å². The van der Waals surface area contributed by atoms with Gasteiger partial charge in [-0.25, -0.2) is 9.59 Å². The molecule has 1 aromatic rings. The van der Waals surface area contributed by atoms with Crippen LogP contribution in [0.25, 0.3) is 0 Å². The summed E-state index contributed by atoms with van der Waals surface area (Å²) in [4.78, 5) is 21.6. The van der Waals surface area contributed by atoms with Crippen LogP contribution in [0.2, 0.25) is 0 Å². The van der Waals surface area contributed by atoms with Crippen LogP contribution in [-0.4, -0.2) is 19.3 Å². The van der Waals surface area contributed by atoms with Crippen LogP contribution in [0.3, 0.4) is 0 Å². The lowest BCUT2D eigenvalue weighted by molar-refractivity contribution is 0.178. The van der Waals surface area contributed by atoms with E-state index in [1.807, 2.05) is 13.0 Å². The molecule has 0 aliphatic carbocycles. The van der Waals surface area contributed by atoms with Gasteiger partial charge in [0.15, 0.2) is 0 Å². The maximum Gasteiger partial charge on any atom is 0.458 e. The molecule has 0 spiro atoms. The molecule has 0 bridgehead atoms. The molecule has 0 aromatic heterocycles. The Labute approximate surface area is 91.9 Å². The van der Waals surface area contributed by atoms with Crippen molar-refractivity contribution in [2.75, 3.05) is 7.11 Å². The van der Waals surface area contributed by atoms with E-state index in [-0.39, 0.29) is 0 Å². The SMILES string of the molecule is COC(=O)/N=N/C(=O)Oc1cccc(C)c1. The second-order valence-corrected chi connectivity index (χ2v) is 2.85. The van der Waals surface area contributed by atoms with Gasteiger partial charge in [-0.1, -0.05) is 22.4 Å². The average molecular weight is 222 g/mol. The predicted octanol–water partition coefficient (Wildman–Crippen LogP) is 2.71. The topological polar surface area (TPSA) is 77.3 Å². The molecule has 0 aliphatic heterocycles. The van der Waals surface area contributed by atoms with Gasteiger partial charge >= 0.3 is 12.2 Å². The smallest absolute Gasteiger partial charge is 0.450 e. The molecule has 0 N–H and O–H groups in total. The van der Waals surface area contributed by atoms with Gasteiger partial charge in [0.2, 0.25) is 0 Å². The summed E-state index contributed by atoms with van der Waals surface area (Å²) in [6.45, 7) is 1.85. The van der Waals surface area contributed by atoms with Crippen LogP contribution in [0.4, 0.5) is 9.59 Å². The molecule has 0 radical (unpaired) electrons. The van der Waals surface area contributed by atoms with Gasteiger partial charge in [0.05, 0.1) is 7.11 Å². The first-order valence-electron chi connectivity index (χ1n) is 4.40. The number of hydrogen-bond acceptors (Lipinski definition) is 4. The van der Waals surface area contributed by atoms with E-state index in [4.69, 9.17) is 4.74 Å². The molecule has 84 valence electrons. The van der Waals surface area contributed by atoms with Gasteiger partial charge < -0.3 is 9.47 Å². The highest BCUT2D eigenvalue weighted by atomic mass is 16.6. The van der Waals surface area contributed by atoms with E-state index in [1.165, 1.54) is 0 Å². The molecule has 16 heavy (non-hydrogen) atoms. The summed E-state index contributed by atoms with van der Waals surface area (Å²) >= 11 is 0. The molecule has 0 unspecified atom stereocenters. The Balaban J connectivity index is 2.58. The normalized spacial score (nSPS) is 10.1. The molecule has 1 rings (SSSR count). The number of carbonyl (C=O) groups is 2. The van der Waals surface area contributed by atoms with Crippen LogP contribution in [0, 0.1) is 6.92 Å². The van der Waals surface area contributed by atoms with Crippen molar-refractivity contribution in [2.24, 2.45) is 10.2 Å². The average Bonchev–Trinajstić information content (AvgIpc) is 2.26. The van der Waals surface area contributed by atoms with E-state index in [0.29, 0.717) is 5.75 Å². The molecule has 0 atom stereocenters. The minimum atomic E-state index is -0.976. The van der Waals surface area contributed by atoms with E-state index in [2.05, 4.69) is 15.0 Å². The number of nitrogens with zero attached hydrogens (tertiary/aromatic N) is 2. The van der Waals surface area contributed by atoms with Gasteiger partial charge in [0, 0.05) is 0 Å². The molecule has 0 saturated heterocycles. The molecular weight excluding hydrogens is 212 g/mol. The van der Waals surface area contributed by atoms with Crippen molar-refractivity contribution in [1.29, 1.82) is 0 Å². The predicted molar refractivity (Wildman–Crippen MR) is 54.5 cm³/mol. The van der Waals surface area contributed by atoms with Gasteiger partial charge in [-0.2, -0.15) is 0 Å². The minimum absolute atomic E-state index is 0.341. The van der Waals surface area contributed by atoms with Gasteiger partial charge in [-0.05, 0) is 24.6 Å². The van der Waals surface area contributed by atoms with Crippen LogP contribution >= 0.6 is 0 Å². The lowest BCUT2D eigenvalue weighted by Crippen LogP contribution is -2.02. The number of azo groups is 1. The fourth-order valence-electron chi connectivity index (χ4n) is 0.923. The monoisotopic (exact) mass is 222 g/mol. The zero-order valence-corrected chi connectivity index (χ0v) is 8.84. The van der Waals surface area contributed by atoms with Crippen molar-refractivity contribution in [3.05, 3.63) is 29.8 Å². The number of aryl methyl sites for hydroxylation is 1. The molecule has 0 saturated carbocycles. The third-order valence-electron chi connectivity index (χ3n) is 1.58. The standard InChI is InChI=1S/C10H10N2O4/c1-7-4-3-5-8(6-7)16-10(14)12-11-9(13)15-2/h3-6H,1-2H3/b12-11+. The van der Waals surface area contributed by atoms with Crippen LogP contribution in [0.15, 0.2) is 34.5 Å². The van der Waals surface area contributed by atoms with Crippen molar-refractivity contribution in [1.82, 2.24) is 0 Å². The maximum atomic E-state index is 11.1. The Bertz CT molecular complexity index is 429. The Morgan fingerprint density at radius 2 is 1.88 bits per heavy atom. The van der Waals surface area contributed by atoms with Crippen molar-refractivity contribution in [3.8, 4) is 5.75 Å². The van der Waals surface area contributed by atoms with E-state index in [9.17, 15) is 9.59 Å². The van der Waals surface area contributed by atoms with Crippen molar-refractivity contribution < 1.29 is 19.1 Å². The molecule has 1 aromatic carbocycles. The highest BCUT2D eigenvalue weighted by molar-refractivity contribution is 5.74. The van der Waals surface area contributed by atoms with E-state index < -0.39 is 12.2 Å². The number of rotatable bonds is 1. The molecule has 0 aliphatic rings. The lowest BCUT2D eigenvalue weighted by Gasteiger charge is -1.99. The number of hydrogen-bond donors (Lipinski definition) is 0. The summed E-state index contributed by atoms with van der Waals surface area (Å²) in [5.74, 6) is 0.341. The van der Waals surface area contributed by atoms with E-state index in [0.717, 1.165) is 12.7 Å². The quantitative estimate of drug-likeness (QED) is 0.684. The molecular formula is C10H10N2O4. The second kappa shape index (κ2) is 5.59. The maximum absolute atomic E-state index is 11.1. The highest BCUT2D eigenvalue weighted by Crippen LogP contribution is 2.12. The zero-order valence-electron chi connectivity index (χ0n) is 8.84. The molecule has 2 amide bonds. The molecule has 0 fully saturated rings. The summed E-state index contributed by atoms with van der Waals surface area (Å²) in [6, 6.07) is 6.84. The Morgan fingerprint density at radius 1 is 1.19 bits per heavy atom. The first kappa shape index (κ1) is 11.8. The van der Waals surface area contributed by atoms with Gasteiger partial charge in [-0.15, -0.1) is 0 Å². The van der Waals surface area contributed by atoms with Crippen molar-refractivity contribution >= 4 is 12.2 Å².